The summed E-state index contributed by atoms with van der Waals surface area (Å²) in [5, 5.41) is 24.7. The Morgan fingerprint density at radius 2 is 2.04 bits per heavy atom. The number of piperidine rings is 1. The minimum atomic E-state index is -0.866. The van der Waals surface area contributed by atoms with Crippen LogP contribution >= 0.6 is 0 Å². The molecule has 1 heterocycles. The number of anilines is 1. The van der Waals surface area contributed by atoms with Gasteiger partial charge in [-0.1, -0.05) is 32.0 Å². The second kappa shape index (κ2) is 9.72. The Labute approximate surface area is 162 Å². The van der Waals surface area contributed by atoms with E-state index < -0.39 is 5.54 Å². The Kier molecular flexibility index (Phi) is 7.64. The fraction of sp³-hybridized carbons (Fsp3) is 0.619. The van der Waals surface area contributed by atoms with E-state index in [4.69, 9.17) is 0 Å². The third kappa shape index (κ3) is 5.95. The standard InChI is InChI=1S/C21H32N4O2/c1-16(2)21(3,15-22)24-20(27)12-23-19-7-5-4-6-18(19)13-25-10-8-17(14-26)9-11-25/h4-7,16-17,23,26H,8-14H2,1-3H3,(H,24,27). The highest BCUT2D eigenvalue weighted by Crippen LogP contribution is 2.22. The first kappa shape index (κ1) is 21.2. The molecule has 1 atom stereocenters. The number of hydrogen-bond acceptors (Lipinski definition) is 5. The van der Waals surface area contributed by atoms with Crippen molar-refractivity contribution in [1.82, 2.24) is 10.2 Å². The average Bonchev–Trinajstić information content (AvgIpc) is 2.67. The van der Waals surface area contributed by atoms with Gasteiger partial charge >= 0.3 is 0 Å². The normalized spacial score (nSPS) is 17.9. The van der Waals surface area contributed by atoms with Gasteiger partial charge in [0.25, 0.3) is 0 Å². The molecular weight excluding hydrogens is 340 g/mol. The quantitative estimate of drug-likeness (QED) is 0.652. The number of nitrogens with zero attached hydrogens (tertiary/aromatic N) is 2. The molecular formula is C21H32N4O2. The van der Waals surface area contributed by atoms with Crippen LogP contribution in [-0.4, -0.2) is 47.7 Å². The number of aliphatic hydroxyl groups is 1. The number of para-hydroxylation sites is 1. The first-order valence-electron chi connectivity index (χ1n) is 9.75. The Morgan fingerprint density at radius 3 is 2.63 bits per heavy atom. The van der Waals surface area contributed by atoms with E-state index in [-0.39, 0.29) is 25.0 Å². The molecule has 6 nitrogen and oxygen atoms in total. The molecule has 0 radical (unpaired) electrons. The lowest BCUT2D eigenvalue weighted by Gasteiger charge is -2.31. The Balaban J connectivity index is 1.92. The van der Waals surface area contributed by atoms with Crippen molar-refractivity contribution in [2.45, 2.75) is 45.7 Å². The summed E-state index contributed by atoms with van der Waals surface area (Å²) in [6.45, 7) is 8.79. The van der Waals surface area contributed by atoms with Crippen LogP contribution in [-0.2, 0) is 11.3 Å². The summed E-state index contributed by atoms with van der Waals surface area (Å²) in [6, 6.07) is 10.2. The zero-order valence-electron chi connectivity index (χ0n) is 16.7. The van der Waals surface area contributed by atoms with Gasteiger partial charge in [0, 0.05) is 18.8 Å². The molecule has 1 aromatic rings. The predicted octanol–water partition coefficient (Wildman–Crippen LogP) is 2.36. The zero-order chi connectivity index (χ0) is 19.9. The van der Waals surface area contributed by atoms with E-state index in [2.05, 4.69) is 27.7 Å². The summed E-state index contributed by atoms with van der Waals surface area (Å²) in [7, 11) is 0. The number of likely N-dealkylation sites (tertiary alicyclic amines) is 1. The van der Waals surface area contributed by atoms with Gasteiger partial charge in [-0.2, -0.15) is 5.26 Å². The maximum Gasteiger partial charge on any atom is 0.240 e. The number of hydrogen-bond donors (Lipinski definition) is 3. The number of aliphatic hydroxyl groups excluding tert-OH is 1. The van der Waals surface area contributed by atoms with Gasteiger partial charge in [0.2, 0.25) is 5.91 Å². The van der Waals surface area contributed by atoms with Crippen molar-refractivity contribution in [1.29, 1.82) is 5.26 Å². The fourth-order valence-corrected chi connectivity index (χ4v) is 3.21. The van der Waals surface area contributed by atoms with Gasteiger partial charge < -0.3 is 15.7 Å². The molecule has 1 amide bonds. The Hall–Kier alpha value is -2.10. The van der Waals surface area contributed by atoms with E-state index in [0.29, 0.717) is 5.92 Å². The van der Waals surface area contributed by atoms with Crippen LogP contribution in [0.3, 0.4) is 0 Å². The van der Waals surface area contributed by atoms with Gasteiger partial charge in [0.05, 0.1) is 12.6 Å². The number of carbonyl (C=O) groups excluding carboxylic acids is 1. The topological polar surface area (TPSA) is 88.4 Å². The van der Waals surface area contributed by atoms with Crippen LogP contribution < -0.4 is 10.6 Å². The molecule has 0 spiro atoms. The Bertz CT molecular complexity index is 662. The molecule has 2 rings (SSSR count). The molecule has 0 saturated carbocycles. The van der Waals surface area contributed by atoms with E-state index in [9.17, 15) is 15.2 Å². The molecule has 6 heteroatoms. The van der Waals surface area contributed by atoms with Crippen LogP contribution in [0, 0.1) is 23.2 Å². The van der Waals surface area contributed by atoms with Crippen LogP contribution in [0.25, 0.3) is 0 Å². The highest BCUT2D eigenvalue weighted by atomic mass is 16.3. The molecule has 3 N–H and O–H groups in total. The van der Waals surface area contributed by atoms with E-state index in [1.807, 2.05) is 32.0 Å². The lowest BCUT2D eigenvalue weighted by molar-refractivity contribution is -0.121. The number of rotatable bonds is 8. The van der Waals surface area contributed by atoms with E-state index >= 15 is 0 Å². The fourth-order valence-electron chi connectivity index (χ4n) is 3.21. The monoisotopic (exact) mass is 372 g/mol. The second-order valence-electron chi connectivity index (χ2n) is 7.93. The summed E-state index contributed by atoms with van der Waals surface area (Å²) in [4.78, 5) is 14.7. The van der Waals surface area contributed by atoms with Crippen molar-refractivity contribution in [3.8, 4) is 6.07 Å². The third-order valence-corrected chi connectivity index (χ3v) is 5.60. The van der Waals surface area contributed by atoms with Gasteiger partial charge in [-0.3, -0.25) is 9.69 Å². The van der Waals surface area contributed by atoms with Crippen LogP contribution in [0.4, 0.5) is 5.69 Å². The van der Waals surface area contributed by atoms with Crippen molar-refractivity contribution in [2.24, 2.45) is 11.8 Å². The smallest absolute Gasteiger partial charge is 0.240 e. The summed E-state index contributed by atoms with van der Waals surface area (Å²) in [5.74, 6) is 0.264. The van der Waals surface area contributed by atoms with E-state index in [1.165, 1.54) is 0 Å². The molecule has 27 heavy (non-hydrogen) atoms. The number of benzene rings is 1. The largest absolute Gasteiger partial charge is 0.396 e. The highest BCUT2D eigenvalue weighted by Gasteiger charge is 2.29. The first-order valence-corrected chi connectivity index (χ1v) is 9.75. The number of nitrogens with one attached hydrogen (secondary N) is 2. The summed E-state index contributed by atoms with van der Waals surface area (Å²) in [6.07, 6.45) is 2.05. The lowest BCUT2D eigenvalue weighted by Crippen LogP contribution is -2.50. The van der Waals surface area contributed by atoms with Crippen molar-refractivity contribution < 1.29 is 9.90 Å². The first-order chi connectivity index (χ1) is 12.9. The molecule has 1 aliphatic rings. The molecule has 0 aromatic heterocycles. The average molecular weight is 373 g/mol. The molecule has 148 valence electrons. The molecule has 1 unspecified atom stereocenters. The van der Waals surface area contributed by atoms with E-state index in [1.54, 1.807) is 6.92 Å². The zero-order valence-corrected chi connectivity index (χ0v) is 16.7. The number of carbonyl (C=O) groups is 1. The molecule has 1 fully saturated rings. The van der Waals surface area contributed by atoms with Gasteiger partial charge in [0.1, 0.15) is 5.54 Å². The number of nitriles is 1. The van der Waals surface area contributed by atoms with Crippen molar-refractivity contribution in [3.63, 3.8) is 0 Å². The molecule has 1 aliphatic heterocycles. The molecule has 0 bridgehead atoms. The molecule has 1 saturated heterocycles. The maximum atomic E-state index is 12.3. The summed E-state index contributed by atoms with van der Waals surface area (Å²) >= 11 is 0. The SMILES string of the molecule is CC(C)C(C)(C#N)NC(=O)CNc1ccccc1CN1CCC(CO)CC1. The van der Waals surface area contributed by atoms with Crippen LogP contribution in [0.15, 0.2) is 24.3 Å². The van der Waals surface area contributed by atoms with E-state index in [0.717, 1.165) is 43.7 Å². The highest BCUT2D eigenvalue weighted by molar-refractivity contribution is 5.82. The summed E-state index contributed by atoms with van der Waals surface area (Å²) in [5.41, 5.74) is 1.23. The van der Waals surface area contributed by atoms with Gasteiger partial charge in [-0.05, 0) is 56.3 Å². The van der Waals surface area contributed by atoms with Crippen LogP contribution in [0.5, 0.6) is 0 Å². The minimum absolute atomic E-state index is 0.0283. The van der Waals surface area contributed by atoms with Crippen molar-refractivity contribution in [2.75, 3.05) is 31.6 Å². The second-order valence-corrected chi connectivity index (χ2v) is 7.93. The van der Waals surface area contributed by atoms with Crippen LogP contribution in [0.1, 0.15) is 39.2 Å². The van der Waals surface area contributed by atoms with Gasteiger partial charge in [0.15, 0.2) is 0 Å². The van der Waals surface area contributed by atoms with Crippen LogP contribution in [0.2, 0.25) is 0 Å². The summed E-state index contributed by atoms with van der Waals surface area (Å²) < 4.78 is 0. The maximum absolute atomic E-state index is 12.3. The number of amides is 1. The van der Waals surface area contributed by atoms with Crippen molar-refractivity contribution >= 4 is 11.6 Å². The minimum Gasteiger partial charge on any atom is -0.396 e. The van der Waals surface area contributed by atoms with Gasteiger partial charge in [-0.25, -0.2) is 0 Å². The molecule has 1 aromatic carbocycles. The Morgan fingerprint density at radius 1 is 1.37 bits per heavy atom. The third-order valence-electron chi connectivity index (χ3n) is 5.60. The van der Waals surface area contributed by atoms with Gasteiger partial charge in [-0.15, -0.1) is 0 Å². The molecule has 0 aliphatic carbocycles. The predicted molar refractivity (Wildman–Crippen MR) is 107 cm³/mol. The lowest BCUT2D eigenvalue weighted by atomic mass is 9.90. The van der Waals surface area contributed by atoms with Crippen molar-refractivity contribution in [3.05, 3.63) is 29.8 Å².